The van der Waals surface area contributed by atoms with Gasteiger partial charge in [-0.1, -0.05) is 60.2 Å². The van der Waals surface area contributed by atoms with E-state index in [1.165, 1.54) is 0 Å². The highest BCUT2D eigenvalue weighted by Crippen LogP contribution is 2.39. The number of aryl methyl sites for hydroxylation is 1. The van der Waals surface area contributed by atoms with Crippen molar-refractivity contribution in [3.05, 3.63) is 71.3 Å². The summed E-state index contributed by atoms with van der Waals surface area (Å²) < 4.78 is 11.3. The average Bonchev–Trinajstić information content (AvgIpc) is 2.55. The zero-order valence-electron chi connectivity index (χ0n) is 12.6. The lowest BCUT2D eigenvalue weighted by atomic mass is 9.86. The molecular formula is C18H20O3. The van der Waals surface area contributed by atoms with Crippen molar-refractivity contribution in [3.8, 4) is 0 Å². The van der Waals surface area contributed by atoms with Crippen LogP contribution < -0.4 is 0 Å². The molecule has 0 aliphatic rings. The Balaban J connectivity index is 2.53. The first kappa shape index (κ1) is 15.4. The van der Waals surface area contributed by atoms with Gasteiger partial charge in [-0.05, 0) is 12.5 Å². The van der Waals surface area contributed by atoms with Crippen LogP contribution in [0.2, 0.25) is 0 Å². The molecule has 0 aliphatic heterocycles. The van der Waals surface area contributed by atoms with E-state index in [9.17, 15) is 4.79 Å². The van der Waals surface area contributed by atoms with E-state index in [0.717, 1.165) is 23.0 Å². The van der Waals surface area contributed by atoms with E-state index < -0.39 is 11.7 Å². The molecule has 0 bridgehead atoms. The maximum Gasteiger partial charge on any atom is 0.208 e. The van der Waals surface area contributed by atoms with Crippen molar-refractivity contribution in [1.82, 2.24) is 0 Å². The number of hydrogen-bond acceptors (Lipinski definition) is 3. The van der Waals surface area contributed by atoms with E-state index in [2.05, 4.69) is 0 Å². The third-order valence-electron chi connectivity index (χ3n) is 3.76. The Hall–Kier alpha value is -1.97. The van der Waals surface area contributed by atoms with Gasteiger partial charge in [-0.15, -0.1) is 0 Å². The number of carbonyl (C=O) groups excluding carboxylic acids is 1. The Labute approximate surface area is 125 Å². The van der Waals surface area contributed by atoms with Crippen molar-refractivity contribution in [2.75, 3.05) is 14.2 Å². The number of methoxy groups -OCH3 is 2. The molecule has 3 heteroatoms. The Morgan fingerprint density at radius 2 is 1.52 bits per heavy atom. The van der Waals surface area contributed by atoms with Crippen molar-refractivity contribution in [3.63, 3.8) is 0 Å². The van der Waals surface area contributed by atoms with Crippen LogP contribution in [0.5, 0.6) is 0 Å². The lowest BCUT2D eigenvalue weighted by Gasteiger charge is -2.36. The van der Waals surface area contributed by atoms with Crippen LogP contribution in [0, 0.1) is 6.92 Å². The van der Waals surface area contributed by atoms with Crippen LogP contribution in [-0.4, -0.2) is 20.5 Å². The number of ether oxygens (including phenoxy) is 2. The molecule has 0 N–H and O–H groups in total. The summed E-state index contributed by atoms with van der Waals surface area (Å²) in [6, 6.07) is 17.4. The molecule has 2 rings (SSSR count). The van der Waals surface area contributed by atoms with E-state index in [0.29, 0.717) is 0 Å². The van der Waals surface area contributed by atoms with Crippen LogP contribution >= 0.6 is 0 Å². The van der Waals surface area contributed by atoms with Crippen molar-refractivity contribution in [1.29, 1.82) is 0 Å². The van der Waals surface area contributed by atoms with Crippen LogP contribution in [0.4, 0.5) is 0 Å². The summed E-state index contributed by atoms with van der Waals surface area (Å²) in [4.78, 5) is 11.8. The number of aldehydes is 1. The molecule has 0 aromatic heterocycles. The number of rotatable bonds is 6. The first-order valence-electron chi connectivity index (χ1n) is 6.85. The van der Waals surface area contributed by atoms with E-state index in [1.54, 1.807) is 14.2 Å². The molecule has 0 saturated carbocycles. The molecule has 21 heavy (non-hydrogen) atoms. The monoisotopic (exact) mass is 284 g/mol. The Morgan fingerprint density at radius 3 is 2.00 bits per heavy atom. The van der Waals surface area contributed by atoms with Crippen LogP contribution in [-0.2, 0) is 20.1 Å². The highest BCUT2D eigenvalue weighted by Gasteiger charge is 2.42. The van der Waals surface area contributed by atoms with Crippen LogP contribution in [0.1, 0.15) is 22.6 Å². The van der Waals surface area contributed by atoms with Crippen molar-refractivity contribution in [2.24, 2.45) is 0 Å². The maximum absolute atomic E-state index is 11.8. The molecule has 0 fully saturated rings. The van der Waals surface area contributed by atoms with E-state index >= 15 is 0 Å². The number of benzene rings is 2. The van der Waals surface area contributed by atoms with Gasteiger partial charge in [0.2, 0.25) is 5.79 Å². The molecule has 1 atom stereocenters. The van der Waals surface area contributed by atoms with Crippen molar-refractivity contribution < 1.29 is 14.3 Å². The maximum atomic E-state index is 11.8. The fourth-order valence-corrected chi connectivity index (χ4v) is 2.58. The average molecular weight is 284 g/mol. The third-order valence-corrected chi connectivity index (χ3v) is 3.76. The second kappa shape index (κ2) is 6.66. The third kappa shape index (κ3) is 2.89. The molecule has 0 saturated heterocycles. The summed E-state index contributed by atoms with van der Waals surface area (Å²) in [6.45, 7) is 2.01. The molecule has 1 unspecified atom stereocenters. The molecule has 0 heterocycles. The molecular weight excluding hydrogens is 264 g/mol. The fourth-order valence-electron chi connectivity index (χ4n) is 2.58. The van der Waals surface area contributed by atoms with Gasteiger partial charge in [0.25, 0.3) is 0 Å². The zero-order chi connectivity index (χ0) is 15.3. The van der Waals surface area contributed by atoms with Gasteiger partial charge in [-0.3, -0.25) is 0 Å². The summed E-state index contributed by atoms with van der Waals surface area (Å²) >= 11 is 0. The minimum absolute atomic E-state index is 0.546. The van der Waals surface area contributed by atoms with Crippen LogP contribution in [0.25, 0.3) is 0 Å². The second-order valence-electron chi connectivity index (χ2n) is 4.97. The quantitative estimate of drug-likeness (QED) is 0.602. The van der Waals surface area contributed by atoms with Crippen LogP contribution in [0.3, 0.4) is 0 Å². The Kier molecular flexibility index (Phi) is 4.89. The van der Waals surface area contributed by atoms with Crippen LogP contribution in [0.15, 0.2) is 54.6 Å². The molecule has 0 spiro atoms. The topological polar surface area (TPSA) is 35.5 Å². The second-order valence-corrected chi connectivity index (χ2v) is 4.97. The predicted octanol–water partition coefficient (Wildman–Crippen LogP) is 3.42. The number of carbonyl (C=O) groups is 1. The minimum Gasteiger partial charge on any atom is -0.348 e. The molecule has 2 aromatic carbocycles. The van der Waals surface area contributed by atoms with Crippen molar-refractivity contribution in [2.45, 2.75) is 18.6 Å². The summed E-state index contributed by atoms with van der Waals surface area (Å²) in [5, 5.41) is 0. The Morgan fingerprint density at radius 1 is 0.952 bits per heavy atom. The summed E-state index contributed by atoms with van der Waals surface area (Å²) in [5.74, 6) is -1.67. The lowest BCUT2D eigenvalue weighted by molar-refractivity contribution is -0.227. The summed E-state index contributed by atoms with van der Waals surface area (Å²) in [7, 11) is 3.11. The molecule has 2 aromatic rings. The normalized spacial score (nSPS) is 12.9. The summed E-state index contributed by atoms with van der Waals surface area (Å²) in [5.41, 5.74) is 2.82. The Bertz CT molecular complexity index is 571. The number of hydrogen-bond donors (Lipinski definition) is 0. The first-order valence-corrected chi connectivity index (χ1v) is 6.85. The van der Waals surface area contributed by atoms with Crippen molar-refractivity contribution >= 4 is 6.29 Å². The zero-order valence-corrected chi connectivity index (χ0v) is 12.6. The fraction of sp³-hybridized carbons (Fsp3) is 0.278. The smallest absolute Gasteiger partial charge is 0.208 e. The van der Waals surface area contributed by atoms with Gasteiger partial charge >= 0.3 is 0 Å². The van der Waals surface area contributed by atoms with E-state index in [-0.39, 0.29) is 0 Å². The SMILES string of the molecule is COC(OC)(c1ccccc1)C(C=O)c1ccc(C)cc1. The van der Waals surface area contributed by atoms with Gasteiger partial charge < -0.3 is 14.3 Å². The molecule has 0 radical (unpaired) electrons. The van der Waals surface area contributed by atoms with Gasteiger partial charge in [0.05, 0.1) is 5.92 Å². The molecule has 3 nitrogen and oxygen atoms in total. The van der Waals surface area contributed by atoms with Gasteiger partial charge in [0.1, 0.15) is 6.29 Å². The van der Waals surface area contributed by atoms with Gasteiger partial charge in [-0.25, -0.2) is 0 Å². The first-order chi connectivity index (χ1) is 10.2. The highest BCUT2D eigenvalue weighted by molar-refractivity contribution is 5.65. The summed E-state index contributed by atoms with van der Waals surface area (Å²) in [6.07, 6.45) is 0.880. The largest absolute Gasteiger partial charge is 0.348 e. The van der Waals surface area contributed by atoms with Gasteiger partial charge in [0.15, 0.2) is 0 Å². The van der Waals surface area contributed by atoms with Gasteiger partial charge in [0, 0.05) is 19.8 Å². The minimum atomic E-state index is -1.13. The lowest BCUT2D eigenvalue weighted by Crippen LogP contribution is -2.38. The van der Waals surface area contributed by atoms with E-state index in [4.69, 9.17) is 9.47 Å². The van der Waals surface area contributed by atoms with Gasteiger partial charge in [-0.2, -0.15) is 0 Å². The van der Waals surface area contributed by atoms with E-state index in [1.807, 2.05) is 61.5 Å². The standard InChI is InChI=1S/C18H20O3/c1-14-9-11-15(12-10-14)17(13-19)18(20-2,21-3)16-7-5-4-6-8-16/h4-13,17H,1-3H3. The molecule has 0 amide bonds. The highest BCUT2D eigenvalue weighted by atomic mass is 16.7. The predicted molar refractivity (Wildman–Crippen MR) is 82.1 cm³/mol. The molecule has 110 valence electrons. The molecule has 0 aliphatic carbocycles.